The molecule has 0 N–H and O–H groups in total. The molecule has 0 saturated carbocycles. The molecule has 3 rings (SSSR count). The molecule has 110 valence electrons. The molecule has 22 heavy (non-hydrogen) atoms. The summed E-state index contributed by atoms with van der Waals surface area (Å²) in [5, 5.41) is 0. The Morgan fingerprint density at radius 1 is 0.636 bits per heavy atom. The normalized spacial score (nSPS) is 10.3. The van der Waals surface area contributed by atoms with Gasteiger partial charge in [0.25, 0.3) is 0 Å². The van der Waals surface area contributed by atoms with Crippen molar-refractivity contribution in [2.45, 2.75) is 0 Å². The van der Waals surface area contributed by atoms with Crippen molar-refractivity contribution in [3.63, 3.8) is 0 Å². The van der Waals surface area contributed by atoms with Gasteiger partial charge in [-0.3, -0.25) is 4.98 Å². The summed E-state index contributed by atoms with van der Waals surface area (Å²) in [6, 6.07) is 15.5. The Hall–Kier alpha value is -2.88. The molecule has 4 heteroatoms. The number of ether oxygens (including phenoxy) is 2. The van der Waals surface area contributed by atoms with E-state index in [2.05, 4.69) is 9.97 Å². The molecule has 0 aliphatic rings. The second-order valence-electron chi connectivity index (χ2n) is 4.75. The van der Waals surface area contributed by atoms with Gasteiger partial charge in [-0.2, -0.15) is 0 Å². The van der Waals surface area contributed by atoms with Crippen LogP contribution in [0.15, 0.2) is 60.9 Å². The van der Waals surface area contributed by atoms with Gasteiger partial charge in [-0.15, -0.1) is 0 Å². The molecule has 0 radical (unpaired) electrons. The maximum Gasteiger partial charge on any atom is 0.118 e. The minimum absolute atomic E-state index is 0.822. The van der Waals surface area contributed by atoms with E-state index in [0.717, 1.165) is 34.0 Å². The monoisotopic (exact) mass is 292 g/mol. The standard InChI is InChI=1S/C18H16N2O2/c1-21-15-7-3-13(4-8-15)17-11-19-12-18(20-17)14-5-9-16(22-2)10-6-14/h3-12H,1-2H3. The van der Waals surface area contributed by atoms with Crippen molar-refractivity contribution in [2.75, 3.05) is 14.2 Å². The Morgan fingerprint density at radius 3 is 1.41 bits per heavy atom. The van der Waals surface area contributed by atoms with Crippen LogP contribution in [-0.4, -0.2) is 24.2 Å². The topological polar surface area (TPSA) is 44.2 Å². The lowest BCUT2D eigenvalue weighted by Gasteiger charge is -2.06. The summed E-state index contributed by atoms with van der Waals surface area (Å²) in [5.74, 6) is 1.64. The lowest BCUT2D eigenvalue weighted by atomic mass is 10.1. The molecule has 4 nitrogen and oxygen atoms in total. The van der Waals surface area contributed by atoms with Gasteiger partial charge in [-0.1, -0.05) is 0 Å². The first-order valence-corrected chi connectivity index (χ1v) is 6.91. The van der Waals surface area contributed by atoms with Gasteiger partial charge in [0, 0.05) is 11.1 Å². The molecular formula is C18H16N2O2. The number of rotatable bonds is 4. The van der Waals surface area contributed by atoms with E-state index in [4.69, 9.17) is 9.47 Å². The van der Waals surface area contributed by atoms with Crippen LogP contribution in [0.3, 0.4) is 0 Å². The van der Waals surface area contributed by atoms with E-state index in [1.807, 2.05) is 48.5 Å². The maximum absolute atomic E-state index is 5.17. The smallest absolute Gasteiger partial charge is 0.118 e. The Labute approximate surface area is 129 Å². The number of nitrogens with zero attached hydrogens (tertiary/aromatic N) is 2. The van der Waals surface area contributed by atoms with E-state index in [9.17, 15) is 0 Å². The molecule has 0 bridgehead atoms. The van der Waals surface area contributed by atoms with Crippen LogP contribution in [0.25, 0.3) is 22.5 Å². The lowest BCUT2D eigenvalue weighted by Crippen LogP contribution is -1.91. The first kappa shape index (κ1) is 14.1. The fourth-order valence-corrected chi connectivity index (χ4v) is 2.17. The lowest BCUT2D eigenvalue weighted by molar-refractivity contribution is 0.415. The molecule has 0 unspecified atom stereocenters. The summed E-state index contributed by atoms with van der Waals surface area (Å²) < 4.78 is 10.3. The van der Waals surface area contributed by atoms with Crippen molar-refractivity contribution < 1.29 is 9.47 Å². The minimum atomic E-state index is 0.822. The van der Waals surface area contributed by atoms with Gasteiger partial charge in [-0.25, -0.2) is 4.98 Å². The molecule has 0 aliphatic heterocycles. The van der Waals surface area contributed by atoms with Crippen LogP contribution in [0, 0.1) is 0 Å². The summed E-state index contributed by atoms with van der Waals surface area (Å²) >= 11 is 0. The van der Waals surface area contributed by atoms with Crippen LogP contribution < -0.4 is 9.47 Å². The zero-order valence-electron chi connectivity index (χ0n) is 12.5. The van der Waals surface area contributed by atoms with Crippen LogP contribution in [0.4, 0.5) is 0 Å². The molecule has 0 spiro atoms. The van der Waals surface area contributed by atoms with E-state index in [-0.39, 0.29) is 0 Å². The summed E-state index contributed by atoms with van der Waals surface area (Å²) in [6.07, 6.45) is 3.52. The summed E-state index contributed by atoms with van der Waals surface area (Å²) in [6.45, 7) is 0. The van der Waals surface area contributed by atoms with Crippen LogP contribution in [0.5, 0.6) is 11.5 Å². The first-order valence-electron chi connectivity index (χ1n) is 6.91. The zero-order chi connectivity index (χ0) is 15.4. The largest absolute Gasteiger partial charge is 0.497 e. The van der Waals surface area contributed by atoms with E-state index in [1.54, 1.807) is 26.6 Å². The van der Waals surface area contributed by atoms with Crippen LogP contribution in [0.1, 0.15) is 0 Å². The fraction of sp³-hybridized carbons (Fsp3) is 0.111. The zero-order valence-corrected chi connectivity index (χ0v) is 12.5. The quantitative estimate of drug-likeness (QED) is 0.733. The number of methoxy groups -OCH3 is 2. The molecule has 2 aromatic carbocycles. The number of benzene rings is 2. The van der Waals surface area contributed by atoms with Crippen molar-refractivity contribution in [1.82, 2.24) is 9.97 Å². The number of hydrogen-bond acceptors (Lipinski definition) is 4. The fourth-order valence-electron chi connectivity index (χ4n) is 2.17. The van der Waals surface area contributed by atoms with Crippen LogP contribution in [0.2, 0.25) is 0 Å². The predicted molar refractivity (Wildman–Crippen MR) is 86.0 cm³/mol. The minimum Gasteiger partial charge on any atom is -0.497 e. The molecule has 1 aromatic heterocycles. The number of aromatic nitrogens is 2. The van der Waals surface area contributed by atoms with Crippen molar-refractivity contribution in [3.05, 3.63) is 60.9 Å². The predicted octanol–water partition coefficient (Wildman–Crippen LogP) is 3.83. The third-order valence-electron chi connectivity index (χ3n) is 3.41. The number of hydrogen-bond donors (Lipinski definition) is 0. The van der Waals surface area contributed by atoms with Gasteiger partial charge in [0.2, 0.25) is 0 Å². The Kier molecular flexibility index (Phi) is 4.01. The van der Waals surface area contributed by atoms with Crippen molar-refractivity contribution in [3.8, 4) is 34.0 Å². The first-order chi connectivity index (χ1) is 10.8. The Balaban J connectivity index is 1.93. The Morgan fingerprint density at radius 2 is 1.05 bits per heavy atom. The highest BCUT2D eigenvalue weighted by Crippen LogP contribution is 2.24. The van der Waals surface area contributed by atoms with Crippen LogP contribution >= 0.6 is 0 Å². The summed E-state index contributed by atoms with van der Waals surface area (Å²) in [5.41, 5.74) is 3.67. The van der Waals surface area contributed by atoms with Gasteiger partial charge in [-0.05, 0) is 48.5 Å². The highest BCUT2D eigenvalue weighted by atomic mass is 16.5. The third-order valence-corrected chi connectivity index (χ3v) is 3.41. The molecule has 0 amide bonds. The van der Waals surface area contributed by atoms with Gasteiger partial charge in [0.05, 0.1) is 38.0 Å². The van der Waals surface area contributed by atoms with E-state index in [0.29, 0.717) is 0 Å². The Bertz CT molecular complexity index is 690. The molecule has 0 saturated heterocycles. The summed E-state index contributed by atoms with van der Waals surface area (Å²) in [7, 11) is 3.30. The SMILES string of the molecule is COc1ccc(-c2cncc(-c3ccc(OC)cc3)n2)cc1. The molecule has 0 aliphatic carbocycles. The maximum atomic E-state index is 5.17. The molecule has 0 fully saturated rings. The highest BCUT2D eigenvalue weighted by molar-refractivity contribution is 5.65. The summed E-state index contributed by atoms with van der Waals surface area (Å²) in [4.78, 5) is 8.98. The average Bonchev–Trinajstić information content (AvgIpc) is 2.62. The second kappa shape index (κ2) is 6.26. The van der Waals surface area contributed by atoms with Gasteiger partial charge in [0.15, 0.2) is 0 Å². The molecule has 1 heterocycles. The van der Waals surface area contributed by atoms with E-state index in [1.165, 1.54) is 0 Å². The second-order valence-corrected chi connectivity index (χ2v) is 4.75. The van der Waals surface area contributed by atoms with Gasteiger partial charge >= 0.3 is 0 Å². The molecular weight excluding hydrogens is 276 g/mol. The van der Waals surface area contributed by atoms with Crippen LogP contribution in [-0.2, 0) is 0 Å². The molecule has 0 atom stereocenters. The van der Waals surface area contributed by atoms with Crippen molar-refractivity contribution in [1.29, 1.82) is 0 Å². The van der Waals surface area contributed by atoms with Crippen molar-refractivity contribution >= 4 is 0 Å². The molecule has 3 aromatic rings. The van der Waals surface area contributed by atoms with Gasteiger partial charge in [0.1, 0.15) is 11.5 Å². The average molecular weight is 292 g/mol. The highest BCUT2D eigenvalue weighted by Gasteiger charge is 2.05. The van der Waals surface area contributed by atoms with E-state index < -0.39 is 0 Å². The third kappa shape index (κ3) is 2.91. The van der Waals surface area contributed by atoms with E-state index >= 15 is 0 Å². The van der Waals surface area contributed by atoms with Crippen molar-refractivity contribution in [2.24, 2.45) is 0 Å². The van der Waals surface area contributed by atoms with Gasteiger partial charge < -0.3 is 9.47 Å².